The third-order valence-corrected chi connectivity index (χ3v) is 3.12. The monoisotopic (exact) mass is 275 g/mol. The molecular weight excluding hydrogens is 265 g/mol. The Morgan fingerprint density at radius 3 is 2.95 bits per heavy atom. The molecule has 0 aliphatic carbocycles. The van der Waals surface area contributed by atoms with Crippen molar-refractivity contribution in [1.82, 2.24) is 5.32 Å². The fraction of sp³-hybridized carbons (Fsp3) is 0.0769. The molecule has 1 heterocycles. The maximum atomic E-state index is 12.9. The lowest BCUT2D eigenvalue weighted by Gasteiger charge is -2.08. The van der Waals surface area contributed by atoms with Gasteiger partial charge in [-0.1, -0.05) is 0 Å². The average molecular weight is 275 g/mol. The summed E-state index contributed by atoms with van der Waals surface area (Å²) in [5, 5.41) is 17.9. The summed E-state index contributed by atoms with van der Waals surface area (Å²) in [7, 11) is 0. The lowest BCUT2D eigenvalue weighted by atomic mass is 10.2. The van der Waals surface area contributed by atoms with Gasteiger partial charge in [-0.15, -0.1) is 0 Å². The van der Waals surface area contributed by atoms with Gasteiger partial charge in [0.25, 0.3) is 0 Å². The SMILES string of the molecule is N#Cc1cc(F)ccc1NC(=O)NCc1ccsc1. The first-order valence-electron chi connectivity index (χ1n) is 5.44. The Labute approximate surface area is 113 Å². The number of thiophene rings is 1. The van der Waals surface area contributed by atoms with Crippen molar-refractivity contribution < 1.29 is 9.18 Å². The van der Waals surface area contributed by atoms with Crippen LogP contribution < -0.4 is 10.6 Å². The first-order chi connectivity index (χ1) is 9.19. The van der Waals surface area contributed by atoms with Crippen LogP contribution in [0.5, 0.6) is 0 Å². The van der Waals surface area contributed by atoms with E-state index < -0.39 is 11.8 Å². The molecule has 2 amide bonds. The molecule has 0 atom stereocenters. The second-order valence-electron chi connectivity index (χ2n) is 3.74. The van der Waals surface area contributed by atoms with E-state index in [-0.39, 0.29) is 11.3 Å². The quantitative estimate of drug-likeness (QED) is 0.904. The van der Waals surface area contributed by atoms with Gasteiger partial charge in [-0.25, -0.2) is 9.18 Å². The van der Waals surface area contributed by atoms with Gasteiger partial charge < -0.3 is 10.6 Å². The van der Waals surface area contributed by atoms with E-state index in [0.29, 0.717) is 6.54 Å². The summed E-state index contributed by atoms with van der Waals surface area (Å²) in [5.74, 6) is -0.513. The molecule has 1 aromatic carbocycles. The van der Waals surface area contributed by atoms with Crippen LogP contribution >= 0.6 is 11.3 Å². The van der Waals surface area contributed by atoms with Crippen molar-refractivity contribution in [1.29, 1.82) is 5.26 Å². The highest BCUT2D eigenvalue weighted by Gasteiger charge is 2.07. The van der Waals surface area contributed by atoms with Crippen LogP contribution in [0.2, 0.25) is 0 Å². The second-order valence-corrected chi connectivity index (χ2v) is 4.52. The highest BCUT2D eigenvalue weighted by atomic mass is 32.1. The maximum Gasteiger partial charge on any atom is 0.319 e. The summed E-state index contributed by atoms with van der Waals surface area (Å²) in [6.07, 6.45) is 0. The lowest BCUT2D eigenvalue weighted by molar-refractivity contribution is 0.251. The number of amides is 2. The van der Waals surface area contributed by atoms with Crippen molar-refractivity contribution in [3.8, 4) is 6.07 Å². The first-order valence-corrected chi connectivity index (χ1v) is 6.39. The van der Waals surface area contributed by atoms with Crippen molar-refractivity contribution in [3.63, 3.8) is 0 Å². The number of halogens is 1. The molecule has 2 N–H and O–H groups in total. The Morgan fingerprint density at radius 1 is 1.42 bits per heavy atom. The molecule has 0 saturated carbocycles. The van der Waals surface area contributed by atoms with Crippen LogP contribution in [0.4, 0.5) is 14.9 Å². The molecule has 0 aliphatic rings. The second kappa shape index (κ2) is 5.98. The Hall–Kier alpha value is -2.39. The summed E-state index contributed by atoms with van der Waals surface area (Å²) in [4.78, 5) is 11.6. The van der Waals surface area contributed by atoms with E-state index in [4.69, 9.17) is 5.26 Å². The van der Waals surface area contributed by atoms with Crippen molar-refractivity contribution in [2.24, 2.45) is 0 Å². The Kier molecular flexibility index (Phi) is 4.11. The molecule has 19 heavy (non-hydrogen) atoms. The number of carbonyl (C=O) groups is 1. The lowest BCUT2D eigenvalue weighted by Crippen LogP contribution is -2.28. The number of hydrogen-bond donors (Lipinski definition) is 2. The van der Waals surface area contributed by atoms with Crippen LogP contribution in [0.3, 0.4) is 0 Å². The number of nitrogens with one attached hydrogen (secondary N) is 2. The predicted octanol–water partition coefficient (Wildman–Crippen LogP) is 3.08. The third-order valence-electron chi connectivity index (χ3n) is 2.38. The Bertz CT molecular complexity index is 619. The molecule has 4 nitrogen and oxygen atoms in total. The summed E-state index contributed by atoms with van der Waals surface area (Å²) in [5.41, 5.74) is 1.37. The topological polar surface area (TPSA) is 64.9 Å². The standard InChI is InChI=1S/C13H10FN3OS/c14-11-1-2-12(10(5-11)6-15)17-13(18)16-7-9-3-4-19-8-9/h1-5,8H,7H2,(H2,16,17,18). The molecule has 0 aliphatic heterocycles. The largest absolute Gasteiger partial charge is 0.334 e. The molecule has 96 valence electrons. The van der Waals surface area contributed by atoms with E-state index in [2.05, 4.69) is 10.6 Å². The van der Waals surface area contributed by atoms with Crippen LogP contribution in [0.1, 0.15) is 11.1 Å². The molecule has 2 aromatic rings. The van der Waals surface area contributed by atoms with Crippen molar-refractivity contribution in [2.75, 3.05) is 5.32 Å². The van der Waals surface area contributed by atoms with Crippen LogP contribution in [0.25, 0.3) is 0 Å². The molecule has 6 heteroatoms. The number of hydrogen-bond acceptors (Lipinski definition) is 3. The van der Waals surface area contributed by atoms with E-state index in [9.17, 15) is 9.18 Å². The van der Waals surface area contributed by atoms with Crippen molar-refractivity contribution in [3.05, 3.63) is 52.0 Å². The molecule has 0 bridgehead atoms. The van der Waals surface area contributed by atoms with Gasteiger partial charge >= 0.3 is 6.03 Å². The minimum absolute atomic E-state index is 0.0886. The number of benzene rings is 1. The summed E-state index contributed by atoms with van der Waals surface area (Å²) < 4.78 is 12.9. The third kappa shape index (κ3) is 3.53. The number of urea groups is 1. The molecule has 0 radical (unpaired) electrons. The number of nitrogens with zero attached hydrogens (tertiary/aromatic N) is 1. The zero-order chi connectivity index (χ0) is 13.7. The summed E-state index contributed by atoms with van der Waals surface area (Å²) in [6.45, 7) is 0.401. The van der Waals surface area contributed by atoms with Gasteiger partial charge in [0, 0.05) is 6.54 Å². The number of nitriles is 1. The fourth-order valence-corrected chi connectivity index (χ4v) is 2.13. The normalized spacial score (nSPS) is 9.68. The molecule has 2 rings (SSSR count). The van der Waals surface area contributed by atoms with Crippen LogP contribution in [-0.2, 0) is 6.54 Å². The van der Waals surface area contributed by atoms with Gasteiger partial charge in [0.2, 0.25) is 0 Å². The highest BCUT2D eigenvalue weighted by Crippen LogP contribution is 2.15. The van der Waals surface area contributed by atoms with E-state index in [1.165, 1.54) is 12.1 Å². The minimum atomic E-state index is -0.513. The molecular formula is C13H10FN3OS. The molecule has 0 saturated heterocycles. The number of anilines is 1. The summed E-state index contributed by atoms with van der Waals surface area (Å²) >= 11 is 1.55. The van der Waals surface area contributed by atoms with E-state index in [1.807, 2.05) is 22.9 Å². The van der Waals surface area contributed by atoms with Crippen LogP contribution in [0, 0.1) is 17.1 Å². The first kappa shape index (κ1) is 13.1. The van der Waals surface area contributed by atoms with E-state index >= 15 is 0 Å². The molecule has 1 aromatic heterocycles. The predicted molar refractivity (Wildman–Crippen MR) is 71.3 cm³/mol. The zero-order valence-electron chi connectivity index (χ0n) is 9.81. The number of carbonyl (C=O) groups excluding carboxylic acids is 1. The molecule has 0 unspecified atom stereocenters. The zero-order valence-corrected chi connectivity index (χ0v) is 10.6. The minimum Gasteiger partial charge on any atom is -0.334 e. The van der Waals surface area contributed by atoms with Crippen LogP contribution in [0.15, 0.2) is 35.0 Å². The number of rotatable bonds is 3. The van der Waals surface area contributed by atoms with Gasteiger partial charge in [0.1, 0.15) is 11.9 Å². The molecule has 0 fully saturated rings. The summed E-state index contributed by atoms with van der Waals surface area (Å²) in [6, 6.07) is 6.93. The Balaban J connectivity index is 1.97. The fourth-order valence-electron chi connectivity index (χ4n) is 1.46. The van der Waals surface area contributed by atoms with Gasteiger partial charge in [0.15, 0.2) is 0 Å². The van der Waals surface area contributed by atoms with Gasteiger partial charge in [-0.3, -0.25) is 0 Å². The van der Waals surface area contributed by atoms with E-state index in [1.54, 1.807) is 11.3 Å². The Morgan fingerprint density at radius 2 is 2.26 bits per heavy atom. The molecule has 0 spiro atoms. The van der Waals surface area contributed by atoms with Crippen molar-refractivity contribution in [2.45, 2.75) is 6.54 Å². The smallest absolute Gasteiger partial charge is 0.319 e. The highest BCUT2D eigenvalue weighted by molar-refractivity contribution is 7.07. The van der Waals surface area contributed by atoms with Gasteiger partial charge in [-0.2, -0.15) is 16.6 Å². The average Bonchev–Trinajstić information content (AvgIpc) is 2.91. The van der Waals surface area contributed by atoms with Crippen molar-refractivity contribution >= 4 is 23.1 Å². The van der Waals surface area contributed by atoms with Crippen LogP contribution in [-0.4, -0.2) is 6.03 Å². The van der Waals surface area contributed by atoms with Gasteiger partial charge in [-0.05, 0) is 40.6 Å². The van der Waals surface area contributed by atoms with Gasteiger partial charge in [0.05, 0.1) is 11.3 Å². The van der Waals surface area contributed by atoms with E-state index in [0.717, 1.165) is 11.6 Å². The maximum absolute atomic E-state index is 12.9.